The van der Waals surface area contributed by atoms with Crippen molar-refractivity contribution in [2.45, 2.75) is 19.1 Å². The molecule has 0 saturated carbocycles. The minimum Gasteiger partial charge on any atom is -0.497 e. The molecule has 0 bridgehead atoms. The smallest absolute Gasteiger partial charge is 0.254 e. The van der Waals surface area contributed by atoms with Crippen LogP contribution in [0.4, 0.5) is 4.39 Å². The van der Waals surface area contributed by atoms with Gasteiger partial charge in [0.25, 0.3) is 5.91 Å². The molecule has 1 amide bonds. The van der Waals surface area contributed by atoms with Crippen molar-refractivity contribution < 1.29 is 23.5 Å². The van der Waals surface area contributed by atoms with Crippen LogP contribution in [0.25, 0.3) is 0 Å². The van der Waals surface area contributed by atoms with Gasteiger partial charge in [-0.05, 0) is 65.7 Å². The van der Waals surface area contributed by atoms with Crippen LogP contribution in [0.3, 0.4) is 0 Å². The summed E-state index contributed by atoms with van der Waals surface area (Å²) in [6.45, 7) is 0.625. The van der Waals surface area contributed by atoms with Crippen molar-refractivity contribution in [1.29, 1.82) is 0 Å². The highest BCUT2D eigenvalue weighted by atomic mass is 19.1. The van der Waals surface area contributed by atoms with Gasteiger partial charge in [0.15, 0.2) is 6.10 Å². The van der Waals surface area contributed by atoms with Crippen LogP contribution in [0.2, 0.25) is 0 Å². The normalized spacial score (nSPS) is 14.9. The van der Waals surface area contributed by atoms with E-state index in [4.69, 9.17) is 14.3 Å². The zero-order valence-corrected chi connectivity index (χ0v) is 18.5. The molecule has 0 spiro atoms. The van der Waals surface area contributed by atoms with Crippen LogP contribution in [-0.2, 0) is 11.4 Å². The fourth-order valence-electron chi connectivity index (χ4n) is 3.74. The Morgan fingerprint density at radius 1 is 1.03 bits per heavy atom. The molecule has 1 atom stereocenters. The van der Waals surface area contributed by atoms with E-state index < -0.39 is 5.82 Å². The van der Waals surface area contributed by atoms with E-state index in [1.165, 1.54) is 18.2 Å². The molecule has 1 aliphatic rings. The molecule has 0 aromatic heterocycles. The summed E-state index contributed by atoms with van der Waals surface area (Å²) in [6, 6.07) is 20.8. The molecular weight excluding hydrogens is 423 g/mol. The molecule has 0 radical (unpaired) electrons. The first-order valence-corrected chi connectivity index (χ1v) is 10.6. The predicted octanol–water partition coefficient (Wildman–Crippen LogP) is 4.68. The molecular formula is C26H25FN2O4. The third-order valence-corrected chi connectivity index (χ3v) is 5.45. The van der Waals surface area contributed by atoms with Crippen molar-refractivity contribution in [3.63, 3.8) is 0 Å². The summed E-state index contributed by atoms with van der Waals surface area (Å²) in [7, 11) is 3.22. The van der Waals surface area contributed by atoms with E-state index in [-0.39, 0.29) is 17.6 Å². The lowest BCUT2D eigenvalue weighted by Gasteiger charge is -2.25. The van der Waals surface area contributed by atoms with Gasteiger partial charge in [-0.1, -0.05) is 23.4 Å². The van der Waals surface area contributed by atoms with Crippen molar-refractivity contribution in [1.82, 2.24) is 4.90 Å². The van der Waals surface area contributed by atoms with Gasteiger partial charge < -0.3 is 19.2 Å². The minimum absolute atomic E-state index is 0.279. The number of oxime groups is 1. The van der Waals surface area contributed by atoms with Gasteiger partial charge in [-0.25, -0.2) is 4.39 Å². The Morgan fingerprint density at radius 3 is 2.52 bits per heavy atom. The minimum atomic E-state index is -0.454. The van der Waals surface area contributed by atoms with E-state index in [0.717, 1.165) is 22.6 Å². The maximum atomic E-state index is 13.8. The number of carbonyl (C=O) groups is 1. The van der Waals surface area contributed by atoms with Crippen LogP contribution < -0.4 is 9.47 Å². The molecule has 4 rings (SSSR count). The van der Waals surface area contributed by atoms with Gasteiger partial charge in [0.05, 0.1) is 26.5 Å². The third kappa shape index (κ3) is 5.49. The molecule has 33 heavy (non-hydrogen) atoms. The van der Waals surface area contributed by atoms with Gasteiger partial charge in [0.2, 0.25) is 0 Å². The monoisotopic (exact) mass is 448 g/mol. The molecule has 6 nitrogen and oxygen atoms in total. The number of hydrogen-bond donors (Lipinski definition) is 0. The zero-order chi connectivity index (χ0) is 23.2. The summed E-state index contributed by atoms with van der Waals surface area (Å²) < 4.78 is 24.3. The van der Waals surface area contributed by atoms with E-state index in [1.54, 1.807) is 25.2 Å². The summed E-state index contributed by atoms with van der Waals surface area (Å²) in [6.07, 6.45) is 0.238. The van der Waals surface area contributed by atoms with E-state index in [0.29, 0.717) is 25.3 Å². The van der Waals surface area contributed by atoms with E-state index in [9.17, 15) is 9.18 Å². The molecule has 0 N–H and O–H groups in total. The Labute approximate surface area is 192 Å². The van der Waals surface area contributed by atoms with Crippen LogP contribution in [0.5, 0.6) is 11.5 Å². The number of ether oxygens (including phenoxy) is 2. The number of halogens is 1. The summed E-state index contributed by atoms with van der Waals surface area (Å²) in [4.78, 5) is 20.6. The fourth-order valence-corrected chi connectivity index (χ4v) is 3.74. The lowest BCUT2D eigenvalue weighted by atomic mass is 10.0. The average Bonchev–Trinajstić information content (AvgIpc) is 3.32. The molecule has 3 aromatic carbocycles. The van der Waals surface area contributed by atoms with Crippen molar-refractivity contribution in [2.24, 2.45) is 5.16 Å². The number of benzene rings is 3. The van der Waals surface area contributed by atoms with E-state index in [1.807, 2.05) is 48.5 Å². The molecule has 1 aliphatic heterocycles. The van der Waals surface area contributed by atoms with E-state index >= 15 is 0 Å². The number of nitrogens with zero attached hydrogens (tertiary/aromatic N) is 2. The van der Waals surface area contributed by atoms with Gasteiger partial charge in [-0.15, -0.1) is 0 Å². The number of hydrogen-bond acceptors (Lipinski definition) is 5. The fraction of sp³-hybridized carbons (Fsp3) is 0.231. The molecule has 0 aliphatic carbocycles. The highest BCUT2D eigenvalue weighted by Gasteiger charge is 2.27. The highest BCUT2D eigenvalue weighted by Crippen LogP contribution is 2.22. The maximum Gasteiger partial charge on any atom is 0.254 e. The quantitative estimate of drug-likeness (QED) is 0.502. The average molecular weight is 448 g/mol. The topological polar surface area (TPSA) is 60.4 Å². The molecule has 170 valence electrons. The van der Waals surface area contributed by atoms with Crippen molar-refractivity contribution in [3.8, 4) is 11.5 Å². The highest BCUT2D eigenvalue weighted by molar-refractivity contribution is 6.01. The molecule has 3 aromatic rings. The van der Waals surface area contributed by atoms with Crippen molar-refractivity contribution >= 4 is 11.6 Å². The second-order valence-electron chi connectivity index (χ2n) is 7.75. The zero-order valence-electron chi connectivity index (χ0n) is 18.5. The maximum absolute atomic E-state index is 13.8. The lowest BCUT2D eigenvalue weighted by molar-refractivity contribution is 0.0405. The van der Waals surface area contributed by atoms with Crippen LogP contribution in [-0.4, -0.2) is 43.4 Å². The Kier molecular flexibility index (Phi) is 6.88. The number of rotatable bonds is 8. The van der Waals surface area contributed by atoms with Crippen molar-refractivity contribution in [3.05, 3.63) is 95.3 Å². The van der Waals surface area contributed by atoms with Crippen LogP contribution >= 0.6 is 0 Å². The molecule has 0 fully saturated rings. The molecule has 1 heterocycles. The number of carbonyl (C=O) groups excluding carboxylic acids is 1. The van der Waals surface area contributed by atoms with Gasteiger partial charge in [0.1, 0.15) is 17.3 Å². The first kappa shape index (κ1) is 22.3. The Bertz CT molecular complexity index is 1150. The van der Waals surface area contributed by atoms with Crippen LogP contribution in [0.15, 0.2) is 78.0 Å². The molecule has 7 heteroatoms. The third-order valence-electron chi connectivity index (χ3n) is 5.45. The molecule has 0 unspecified atom stereocenters. The van der Waals surface area contributed by atoms with Crippen LogP contribution in [0, 0.1) is 5.82 Å². The second-order valence-corrected chi connectivity index (χ2v) is 7.75. The van der Waals surface area contributed by atoms with Gasteiger partial charge in [0, 0.05) is 18.5 Å². The second kappa shape index (κ2) is 10.2. The first-order chi connectivity index (χ1) is 16.1. The largest absolute Gasteiger partial charge is 0.497 e. The Balaban J connectivity index is 1.51. The summed E-state index contributed by atoms with van der Waals surface area (Å²) in [5, 5.41) is 4.23. The summed E-state index contributed by atoms with van der Waals surface area (Å²) in [5.74, 6) is 0.733. The standard InChI is InChI=1S/C26H25FN2O4/c1-31-22-11-9-19(10-12-22)25-15-24(33-28-25)17-29(16-18-5-3-8-23(13-18)32-2)26(30)20-6-4-7-21(27)14-20/h3-14,24H,15-17H2,1-2H3/t24-/m1/s1. The first-order valence-electron chi connectivity index (χ1n) is 10.6. The predicted molar refractivity (Wildman–Crippen MR) is 123 cm³/mol. The van der Waals surface area contributed by atoms with E-state index in [2.05, 4.69) is 5.16 Å². The lowest BCUT2D eigenvalue weighted by Crippen LogP contribution is -2.37. The van der Waals surface area contributed by atoms with Crippen molar-refractivity contribution in [2.75, 3.05) is 20.8 Å². The number of methoxy groups -OCH3 is 2. The summed E-state index contributed by atoms with van der Waals surface area (Å²) >= 11 is 0. The van der Waals surface area contributed by atoms with Gasteiger partial charge >= 0.3 is 0 Å². The van der Waals surface area contributed by atoms with Gasteiger partial charge in [-0.3, -0.25) is 4.79 Å². The summed E-state index contributed by atoms with van der Waals surface area (Å²) in [5.41, 5.74) is 2.93. The van der Waals surface area contributed by atoms with Gasteiger partial charge in [-0.2, -0.15) is 0 Å². The number of amides is 1. The SMILES string of the molecule is COc1ccc(C2=NO[C@@H](CN(Cc3cccc(OC)c3)C(=O)c3cccc(F)c3)C2)cc1. The van der Waals surface area contributed by atoms with Crippen LogP contribution in [0.1, 0.15) is 27.9 Å². The Hall–Kier alpha value is -3.87. The molecule has 0 saturated heterocycles. The Morgan fingerprint density at radius 2 is 1.79 bits per heavy atom.